The van der Waals surface area contributed by atoms with Crippen LogP contribution in [0.3, 0.4) is 0 Å². The number of hydrogen-bond donors (Lipinski definition) is 8. The molecule has 133 heavy (non-hydrogen) atoms. The number of nitrogens with one attached hydrogen (secondary N) is 8. The first kappa shape index (κ1) is 94.9. The largest absolute Gasteiger partial charge is 0.497 e. The second-order valence-corrected chi connectivity index (χ2v) is 32.6. The van der Waals surface area contributed by atoms with E-state index >= 15 is 0 Å². The van der Waals surface area contributed by atoms with Gasteiger partial charge in [-0.25, -0.2) is 19.2 Å². The maximum atomic E-state index is 12.7. The summed E-state index contributed by atoms with van der Waals surface area (Å²) in [5.41, 5.74) is 12.5. The molecule has 0 aliphatic heterocycles. The molecule has 670 valence electrons. The number of anilines is 4. The van der Waals surface area contributed by atoms with Crippen molar-refractivity contribution in [2.75, 3.05) is 28.4 Å². The van der Waals surface area contributed by atoms with Crippen LogP contribution in [-0.2, 0) is 44.9 Å². The van der Waals surface area contributed by atoms with E-state index in [4.69, 9.17) is 67.5 Å². The number of hydrogen-bond acceptors (Lipinski definition) is 14. The van der Waals surface area contributed by atoms with Crippen molar-refractivity contribution in [3.05, 3.63) is 452 Å². The molecule has 8 N–H and O–H groups in total. The Hall–Kier alpha value is -15.7. The van der Waals surface area contributed by atoms with Crippen molar-refractivity contribution in [3.8, 4) is 78.8 Å². The number of nitrogens with zero attached hydrogens (tertiary/aromatic N) is 4. The lowest BCUT2D eigenvalue weighted by Crippen LogP contribution is -2.29. The Labute approximate surface area is 784 Å². The van der Waals surface area contributed by atoms with Gasteiger partial charge in [-0.3, -0.25) is 76.6 Å². The minimum Gasteiger partial charge on any atom is -0.497 e. The third-order valence-electron chi connectivity index (χ3n) is 20.3. The van der Waals surface area contributed by atoms with Gasteiger partial charge in [-0.05, 0) is 234 Å². The zero-order valence-electron chi connectivity index (χ0n) is 71.7. The summed E-state index contributed by atoms with van der Waals surface area (Å²) in [7, 11) is 1.63. The second kappa shape index (κ2) is 44.1. The molecule has 0 bridgehead atoms. The van der Waals surface area contributed by atoms with E-state index in [0.717, 1.165) is 72.5 Å². The van der Waals surface area contributed by atoms with Crippen molar-refractivity contribution in [2.45, 2.75) is 59.5 Å². The van der Waals surface area contributed by atoms with E-state index in [1.54, 1.807) is 124 Å². The molecular formula is C102H83Cl5N12O14. The summed E-state index contributed by atoms with van der Waals surface area (Å²) in [4.78, 5) is 153. The Bertz CT molecular complexity index is 7540. The summed E-state index contributed by atoms with van der Waals surface area (Å²) in [5.74, 6) is 0.711. The Morgan fingerprint density at radius 2 is 0.684 bits per heavy atom. The number of aromatic amines is 4. The summed E-state index contributed by atoms with van der Waals surface area (Å²) < 4.78 is 16.2. The van der Waals surface area contributed by atoms with Crippen LogP contribution in [0.5, 0.6) is 11.5 Å². The predicted molar refractivity (Wildman–Crippen MR) is 524 cm³/mol. The second-order valence-electron chi connectivity index (χ2n) is 30.5. The number of aryl methyl sites for hydroxylation is 2. The first-order chi connectivity index (χ1) is 63.9. The van der Waals surface area contributed by atoms with Crippen LogP contribution < -0.4 is 75.7 Å². The summed E-state index contributed by atoms with van der Waals surface area (Å²) in [6.07, 6.45) is 6.53. The van der Waals surface area contributed by atoms with E-state index in [-0.39, 0.29) is 60.4 Å². The molecule has 0 saturated heterocycles. The highest BCUT2D eigenvalue weighted by Gasteiger charge is 2.17. The molecule has 26 nitrogen and oxygen atoms in total. The fourth-order valence-electron chi connectivity index (χ4n) is 13.8. The van der Waals surface area contributed by atoms with Crippen molar-refractivity contribution in [1.82, 2.24) is 38.2 Å². The van der Waals surface area contributed by atoms with Crippen molar-refractivity contribution in [3.63, 3.8) is 0 Å². The van der Waals surface area contributed by atoms with Crippen molar-refractivity contribution in [2.24, 2.45) is 0 Å². The molecule has 0 radical (unpaired) electrons. The highest BCUT2D eigenvalue weighted by Crippen LogP contribution is 2.34. The zero-order chi connectivity index (χ0) is 94.5. The van der Waals surface area contributed by atoms with Crippen molar-refractivity contribution >= 4 is 104 Å². The molecule has 0 spiro atoms. The summed E-state index contributed by atoms with van der Waals surface area (Å²) in [6, 6.07) is 85.0. The van der Waals surface area contributed by atoms with Gasteiger partial charge in [-0.1, -0.05) is 191 Å². The summed E-state index contributed by atoms with van der Waals surface area (Å²) >= 11 is 30.8. The molecule has 0 atom stereocenters. The summed E-state index contributed by atoms with van der Waals surface area (Å²) in [6.45, 7) is 7.15. The molecular weight excluding hydrogens is 1790 g/mol. The maximum Gasteiger partial charge on any atom is 0.332 e. The first-order valence-corrected chi connectivity index (χ1v) is 43.1. The monoisotopic (exact) mass is 1870 g/mol. The molecule has 16 aromatic rings. The van der Waals surface area contributed by atoms with E-state index < -0.39 is 45.0 Å². The fourth-order valence-corrected chi connectivity index (χ4v) is 14.7. The van der Waals surface area contributed by atoms with Crippen LogP contribution in [-0.4, -0.2) is 75.0 Å². The molecule has 31 heteroatoms. The SMILES string of the molecule is COc1cccc(-c2cccc(CC(=O)Nc3ccc(-n4cc(C)c(=O)[nH]c4=O)cc3)c2)c1.Cc1cn(-c2ccc(NC(=O)Cc3cccc(-c4ccc(OC(C)C)c(Cl)c4)c3)cc2)c(=O)[nH]c1=O.O=C(Cc1cccc(-c2ccc(Cl)c(Cl)c2)c1)Nc1ccc(-n2ccc(=O)[nH]c2=O)c(Cl)c1.O=C(Cc1cccc(-c2ccc(Cl)cc2)c1)Nc1ccc(-n2ccc(=O)[nH]c2=O)cc1. The number of rotatable bonds is 23. The highest BCUT2D eigenvalue weighted by molar-refractivity contribution is 6.42. The predicted octanol–water partition coefficient (Wildman–Crippen LogP) is 18.2. The van der Waals surface area contributed by atoms with Gasteiger partial charge < -0.3 is 30.7 Å². The van der Waals surface area contributed by atoms with Crippen LogP contribution >= 0.6 is 58.0 Å². The van der Waals surface area contributed by atoms with Crippen LogP contribution in [0.1, 0.15) is 47.2 Å². The van der Waals surface area contributed by atoms with E-state index in [1.807, 2.05) is 184 Å². The number of benzene rings is 12. The maximum absolute atomic E-state index is 12.7. The van der Waals surface area contributed by atoms with Crippen LogP contribution in [0.15, 0.2) is 348 Å². The van der Waals surface area contributed by atoms with Crippen LogP contribution in [0.2, 0.25) is 25.1 Å². The summed E-state index contributed by atoms with van der Waals surface area (Å²) in [5, 5.41) is 13.8. The van der Waals surface area contributed by atoms with Crippen molar-refractivity contribution < 1.29 is 28.7 Å². The van der Waals surface area contributed by atoms with Crippen LogP contribution in [0.25, 0.3) is 67.3 Å². The number of halogens is 5. The minimum absolute atomic E-state index is 0.0300. The van der Waals surface area contributed by atoms with E-state index in [0.29, 0.717) is 82.5 Å². The number of methoxy groups -OCH3 is 1. The van der Waals surface area contributed by atoms with Crippen molar-refractivity contribution in [1.29, 1.82) is 0 Å². The Morgan fingerprint density at radius 3 is 1.08 bits per heavy atom. The first-order valence-electron chi connectivity index (χ1n) is 41.2. The molecule has 12 aromatic carbocycles. The van der Waals surface area contributed by atoms with Gasteiger partial charge in [0.25, 0.3) is 22.2 Å². The standard InChI is InChI=1S/C28H26ClN3O4.C26H23N3O4.C24H16Cl3N3O3.C24H18ClN3O3/c1-17(2)36-25-12-7-21(15-24(25)29)20-6-4-5-19(13-20)14-26(33)30-22-8-10-23(11-9-22)32-16-18(3)27(34)31-28(32)35;1-17-16-29(26(32)28-25(17)31)22-11-9-21(10-12-22)27-24(30)14-18-5-3-6-19(13-18)20-7-4-8-23(15-20)33-2;25-18-6-4-16(12-19(18)26)15-3-1-2-14(10-15)11-23(32)28-17-5-7-21(20(27)13-17)30-9-8-22(31)29-24(30)33;25-19-6-4-17(5-7-19)18-3-1-2-16(14-18)15-23(30)26-20-8-10-21(11-9-20)28-13-12-22(29)27-24(28)31/h4-13,15-17H,14H2,1-3H3,(H,30,33)(H,31,34,35);3-13,15-16H,14H2,1-2H3,(H,27,30)(H,28,31,32);1-10,12-13H,11H2,(H,28,32)(H,29,31,33);1-14H,15H2,(H,26,30)(H,27,29,31). The van der Waals surface area contributed by atoms with Gasteiger partial charge in [-0.2, -0.15) is 0 Å². The van der Waals surface area contributed by atoms with Gasteiger partial charge in [0.1, 0.15) is 11.5 Å². The average molecular weight is 1880 g/mol. The van der Waals surface area contributed by atoms with Gasteiger partial charge in [0.15, 0.2) is 0 Å². The Morgan fingerprint density at radius 1 is 0.331 bits per heavy atom. The molecule has 0 unspecified atom stereocenters. The third-order valence-corrected chi connectivity index (χ3v) is 21.9. The highest BCUT2D eigenvalue weighted by atomic mass is 35.5. The molecule has 4 aromatic heterocycles. The number of amides is 4. The van der Waals surface area contributed by atoms with Gasteiger partial charge in [0.2, 0.25) is 23.6 Å². The quantitative estimate of drug-likeness (QED) is 0.0295. The normalized spacial score (nSPS) is 10.7. The molecule has 0 aliphatic carbocycles. The van der Waals surface area contributed by atoms with Gasteiger partial charge in [-0.15, -0.1) is 0 Å². The Kier molecular flexibility index (Phi) is 31.4. The topological polar surface area (TPSA) is 354 Å². The Balaban J connectivity index is 0.000000151. The lowest BCUT2D eigenvalue weighted by atomic mass is 10.0. The smallest absolute Gasteiger partial charge is 0.332 e. The van der Waals surface area contributed by atoms with Gasteiger partial charge >= 0.3 is 22.8 Å². The minimum atomic E-state index is -0.608. The zero-order valence-corrected chi connectivity index (χ0v) is 75.5. The van der Waals surface area contributed by atoms with E-state index in [9.17, 15) is 57.5 Å². The van der Waals surface area contributed by atoms with E-state index in [2.05, 4.69) is 41.2 Å². The van der Waals surface area contributed by atoms with Gasteiger partial charge in [0.05, 0.1) is 81.7 Å². The van der Waals surface area contributed by atoms with Crippen LogP contribution in [0, 0.1) is 13.8 Å². The number of aromatic nitrogens is 8. The number of ether oxygens (including phenoxy) is 2. The van der Waals surface area contributed by atoms with Crippen LogP contribution in [0.4, 0.5) is 22.7 Å². The molecule has 0 fully saturated rings. The van der Waals surface area contributed by atoms with E-state index in [1.165, 1.54) is 55.2 Å². The fraction of sp³-hybridized carbons (Fsp3) is 0.0980. The lowest BCUT2D eigenvalue weighted by Gasteiger charge is -2.13. The number of carbonyl (C=O) groups excluding carboxylic acids is 4. The van der Waals surface area contributed by atoms with Gasteiger partial charge in [0, 0.05) is 75.8 Å². The number of carbonyl (C=O) groups is 4. The number of H-pyrrole nitrogens is 4. The average Bonchev–Trinajstić information content (AvgIpc) is 0.843. The molecule has 4 heterocycles. The molecule has 0 saturated carbocycles. The third kappa shape index (κ3) is 26.1. The molecule has 4 amide bonds. The molecule has 0 aliphatic rings. The lowest BCUT2D eigenvalue weighted by molar-refractivity contribution is -0.116. The molecule has 16 rings (SSSR count).